The van der Waals surface area contributed by atoms with Crippen molar-refractivity contribution >= 4 is 35.1 Å². The van der Waals surface area contributed by atoms with Gasteiger partial charge in [-0.2, -0.15) is 0 Å². The van der Waals surface area contributed by atoms with Crippen LogP contribution in [0.25, 0.3) is 6.08 Å². The summed E-state index contributed by atoms with van der Waals surface area (Å²) in [7, 11) is 0. The summed E-state index contributed by atoms with van der Waals surface area (Å²) in [5.41, 5.74) is 0.299. The van der Waals surface area contributed by atoms with E-state index in [9.17, 15) is 4.79 Å². The van der Waals surface area contributed by atoms with E-state index in [2.05, 4.69) is 0 Å². The van der Waals surface area contributed by atoms with Crippen molar-refractivity contribution in [3.05, 3.63) is 39.9 Å². The van der Waals surface area contributed by atoms with Crippen LogP contribution in [0.2, 0.25) is 10.0 Å². The summed E-state index contributed by atoms with van der Waals surface area (Å²) in [6.45, 7) is 5.61. The smallest absolute Gasteiger partial charge is 0.161 e. The standard InChI is InChI=1S/C13H14Cl2O/c1-13(2,3)12(16)8-7-9-10(14)5-4-6-11(9)15/h4-8H,1-3H3/b8-7+. The van der Waals surface area contributed by atoms with Crippen LogP contribution in [0.3, 0.4) is 0 Å². The zero-order chi connectivity index (χ0) is 12.3. The number of carbonyl (C=O) groups is 1. The van der Waals surface area contributed by atoms with E-state index in [1.165, 1.54) is 6.08 Å². The molecule has 0 heterocycles. The molecule has 1 nitrogen and oxygen atoms in total. The molecule has 0 amide bonds. The Labute approximate surface area is 106 Å². The minimum Gasteiger partial charge on any atom is -0.294 e. The normalized spacial score (nSPS) is 12.1. The van der Waals surface area contributed by atoms with Crippen molar-refractivity contribution in [3.8, 4) is 0 Å². The maximum atomic E-state index is 11.7. The summed E-state index contributed by atoms with van der Waals surface area (Å²) in [5.74, 6) is 0.0449. The molecule has 0 saturated carbocycles. The largest absolute Gasteiger partial charge is 0.294 e. The van der Waals surface area contributed by atoms with E-state index in [1.807, 2.05) is 20.8 Å². The highest BCUT2D eigenvalue weighted by molar-refractivity contribution is 6.37. The van der Waals surface area contributed by atoms with Gasteiger partial charge < -0.3 is 0 Å². The minimum absolute atomic E-state index is 0.0449. The average Bonchev–Trinajstić information content (AvgIpc) is 2.15. The fourth-order valence-corrected chi connectivity index (χ4v) is 1.60. The Kier molecular flexibility index (Phi) is 4.17. The quantitative estimate of drug-likeness (QED) is 0.706. The van der Waals surface area contributed by atoms with Crippen molar-refractivity contribution in [1.29, 1.82) is 0 Å². The van der Waals surface area contributed by atoms with E-state index in [4.69, 9.17) is 23.2 Å². The molecule has 1 rings (SSSR count). The molecule has 0 aliphatic carbocycles. The molecule has 0 unspecified atom stereocenters. The number of allylic oxidation sites excluding steroid dienone is 1. The van der Waals surface area contributed by atoms with Crippen molar-refractivity contribution in [1.82, 2.24) is 0 Å². The summed E-state index contributed by atoms with van der Waals surface area (Å²) >= 11 is 12.0. The van der Waals surface area contributed by atoms with Gasteiger partial charge in [0.05, 0.1) is 0 Å². The van der Waals surface area contributed by atoms with Crippen LogP contribution in [0.4, 0.5) is 0 Å². The van der Waals surface area contributed by atoms with E-state index in [-0.39, 0.29) is 11.2 Å². The Bertz CT molecular complexity index is 408. The van der Waals surface area contributed by atoms with Crippen molar-refractivity contribution in [2.75, 3.05) is 0 Å². The molecule has 0 N–H and O–H groups in total. The van der Waals surface area contributed by atoms with Crippen LogP contribution in [-0.2, 0) is 4.79 Å². The van der Waals surface area contributed by atoms with Gasteiger partial charge in [-0.15, -0.1) is 0 Å². The number of halogens is 2. The molecule has 0 radical (unpaired) electrons. The van der Waals surface area contributed by atoms with Crippen LogP contribution in [0.15, 0.2) is 24.3 Å². The third kappa shape index (κ3) is 3.36. The SMILES string of the molecule is CC(C)(C)C(=O)/C=C/c1c(Cl)cccc1Cl. The lowest BCUT2D eigenvalue weighted by molar-refractivity contribution is -0.121. The number of rotatable bonds is 2. The van der Waals surface area contributed by atoms with Crippen molar-refractivity contribution < 1.29 is 4.79 Å². The second kappa shape index (κ2) is 5.03. The summed E-state index contributed by atoms with van der Waals surface area (Å²) in [6.07, 6.45) is 3.19. The van der Waals surface area contributed by atoms with E-state index < -0.39 is 0 Å². The summed E-state index contributed by atoms with van der Waals surface area (Å²) in [5, 5.41) is 1.09. The third-order valence-corrected chi connectivity index (χ3v) is 2.80. The molecule has 0 aromatic heterocycles. The van der Waals surface area contributed by atoms with Crippen LogP contribution in [0.1, 0.15) is 26.3 Å². The lowest BCUT2D eigenvalue weighted by atomic mass is 9.90. The third-order valence-electron chi connectivity index (χ3n) is 2.14. The first kappa shape index (κ1) is 13.3. The number of hydrogen-bond donors (Lipinski definition) is 0. The van der Waals surface area contributed by atoms with E-state index in [0.29, 0.717) is 15.6 Å². The van der Waals surface area contributed by atoms with Crippen LogP contribution < -0.4 is 0 Å². The monoisotopic (exact) mass is 256 g/mol. The van der Waals surface area contributed by atoms with Gasteiger partial charge in [-0.1, -0.05) is 50.0 Å². The number of hydrogen-bond acceptors (Lipinski definition) is 1. The van der Waals surface area contributed by atoms with Gasteiger partial charge in [0.15, 0.2) is 5.78 Å². The Hall–Kier alpha value is -0.790. The molecule has 0 atom stereocenters. The molecule has 16 heavy (non-hydrogen) atoms. The summed E-state index contributed by atoms with van der Waals surface area (Å²) in [4.78, 5) is 11.7. The molecule has 0 aliphatic rings. The minimum atomic E-state index is -0.385. The Morgan fingerprint density at radius 1 is 1.19 bits per heavy atom. The van der Waals surface area contributed by atoms with Gasteiger partial charge in [0.1, 0.15) is 0 Å². The van der Waals surface area contributed by atoms with Crippen LogP contribution >= 0.6 is 23.2 Å². The van der Waals surface area contributed by atoms with E-state index >= 15 is 0 Å². The Balaban J connectivity index is 2.98. The Morgan fingerprint density at radius 2 is 1.69 bits per heavy atom. The molecule has 0 saturated heterocycles. The van der Waals surface area contributed by atoms with Crippen molar-refractivity contribution in [2.24, 2.45) is 5.41 Å². The molecular formula is C13H14Cl2O. The van der Waals surface area contributed by atoms with Gasteiger partial charge in [0.2, 0.25) is 0 Å². The average molecular weight is 257 g/mol. The molecular weight excluding hydrogens is 243 g/mol. The van der Waals surface area contributed by atoms with E-state index in [0.717, 1.165) is 0 Å². The molecule has 1 aromatic rings. The highest BCUT2D eigenvalue weighted by atomic mass is 35.5. The summed E-state index contributed by atoms with van der Waals surface area (Å²) in [6, 6.07) is 5.26. The van der Waals surface area contributed by atoms with Gasteiger partial charge in [-0.3, -0.25) is 4.79 Å². The molecule has 0 bridgehead atoms. The molecule has 3 heteroatoms. The van der Waals surface area contributed by atoms with Crippen LogP contribution in [-0.4, -0.2) is 5.78 Å². The van der Waals surface area contributed by atoms with Crippen LogP contribution in [0, 0.1) is 5.41 Å². The molecule has 0 aliphatic heterocycles. The van der Waals surface area contributed by atoms with Gasteiger partial charge in [-0.25, -0.2) is 0 Å². The molecule has 1 aromatic carbocycles. The fourth-order valence-electron chi connectivity index (χ4n) is 1.08. The zero-order valence-corrected chi connectivity index (χ0v) is 11.1. The highest BCUT2D eigenvalue weighted by Gasteiger charge is 2.18. The maximum Gasteiger partial charge on any atom is 0.161 e. The van der Waals surface area contributed by atoms with Gasteiger partial charge in [-0.05, 0) is 24.3 Å². The zero-order valence-electron chi connectivity index (χ0n) is 9.55. The number of ketones is 1. The maximum absolute atomic E-state index is 11.7. The first-order chi connectivity index (χ1) is 7.32. The Morgan fingerprint density at radius 3 is 2.12 bits per heavy atom. The molecule has 86 valence electrons. The van der Waals surface area contributed by atoms with Crippen molar-refractivity contribution in [2.45, 2.75) is 20.8 Å². The summed E-state index contributed by atoms with van der Waals surface area (Å²) < 4.78 is 0. The van der Waals surface area contributed by atoms with Gasteiger partial charge in [0, 0.05) is 21.0 Å². The first-order valence-corrected chi connectivity index (χ1v) is 5.74. The van der Waals surface area contributed by atoms with E-state index in [1.54, 1.807) is 24.3 Å². The highest BCUT2D eigenvalue weighted by Crippen LogP contribution is 2.26. The van der Waals surface area contributed by atoms with Gasteiger partial charge in [0.25, 0.3) is 0 Å². The lowest BCUT2D eigenvalue weighted by Crippen LogP contribution is -2.17. The topological polar surface area (TPSA) is 17.1 Å². The van der Waals surface area contributed by atoms with Crippen LogP contribution in [0.5, 0.6) is 0 Å². The van der Waals surface area contributed by atoms with Crippen molar-refractivity contribution in [3.63, 3.8) is 0 Å². The lowest BCUT2D eigenvalue weighted by Gasteiger charge is -2.13. The van der Waals surface area contributed by atoms with Gasteiger partial charge >= 0.3 is 0 Å². The first-order valence-electron chi connectivity index (χ1n) is 4.99. The second-order valence-electron chi connectivity index (χ2n) is 4.58. The predicted molar refractivity (Wildman–Crippen MR) is 70.0 cm³/mol. The second-order valence-corrected chi connectivity index (χ2v) is 5.40. The number of carbonyl (C=O) groups excluding carboxylic acids is 1. The number of benzene rings is 1. The molecule has 0 spiro atoms. The predicted octanol–water partition coefficient (Wildman–Crippen LogP) is 4.62. The fraction of sp³-hybridized carbons (Fsp3) is 0.308. The molecule has 0 fully saturated rings.